The molecular formula is C15H23N. The molecule has 2 atom stereocenters. The maximum atomic E-state index is 6.45. The fourth-order valence-corrected chi connectivity index (χ4v) is 2.89. The van der Waals surface area contributed by atoms with Crippen molar-refractivity contribution < 1.29 is 0 Å². The van der Waals surface area contributed by atoms with Gasteiger partial charge in [-0.1, -0.05) is 38.1 Å². The molecule has 0 saturated heterocycles. The first kappa shape index (κ1) is 11.7. The monoisotopic (exact) mass is 217 g/mol. The summed E-state index contributed by atoms with van der Waals surface area (Å²) in [6, 6.07) is 8.96. The van der Waals surface area contributed by atoms with E-state index in [9.17, 15) is 0 Å². The zero-order valence-electron chi connectivity index (χ0n) is 10.5. The molecule has 1 aromatic rings. The summed E-state index contributed by atoms with van der Waals surface area (Å²) in [5, 5.41) is 0. The molecule has 1 saturated carbocycles. The van der Waals surface area contributed by atoms with Crippen molar-refractivity contribution in [3.8, 4) is 0 Å². The van der Waals surface area contributed by atoms with Crippen LogP contribution in [0.2, 0.25) is 0 Å². The molecule has 2 N–H and O–H groups in total. The molecular weight excluding hydrogens is 194 g/mol. The van der Waals surface area contributed by atoms with Crippen LogP contribution in [-0.2, 0) is 12.8 Å². The number of nitrogens with two attached hydrogens (primary N) is 1. The summed E-state index contributed by atoms with van der Waals surface area (Å²) in [5.41, 5.74) is 9.32. The number of benzene rings is 1. The molecule has 0 aliphatic heterocycles. The lowest BCUT2D eigenvalue weighted by Crippen LogP contribution is -2.39. The van der Waals surface area contributed by atoms with Crippen molar-refractivity contribution in [3.05, 3.63) is 35.4 Å². The van der Waals surface area contributed by atoms with Gasteiger partial charge in [-0.15, -0.1) is 0 Å². The molecule has 0 aromatic heterocycles. The van der Waals surface area contributed by atoms with Crippen molar-refractivity contribution >= 4 is 0 Å². The first-order valence-corrected chi connectivity index (χ1v) is 6.48. The van der Waals surface area contributed by atoms with Gasteiger partial charge in [-0.2, -0.15) is 0 Å². The molecule has 0 heterocycles. The first-order valence-electron chi connectivity index (χ1n) is 6.48. The second-order valence-corrected chi connectivity index (χ2v) is 5.56. The predicted octanol–water partition coefficient (Wildman–Crippen LogP) is 3.31. The first-order chi connectivity index (χ1) is 7.61. The Morgan fingerprint density at radius 2 is 1.88 bits per heavy atom. The molecule has 1 heteroatoms. The van der Waals surface area contributed by atoms with Crippen LogP contribution in [0.1, 0.15) is 44.2 Å². The molecule has 0 amide bonds. The second kappa shape index (κ2) is 4.58. The van der Waals surface area contributed by atoms with Crippen LogP contribution in [0.3, 0.4) is 0 Å². The average Bonchev–Trinajstić information content (AvgIpc) is 2.59. The van der Waals surface area contributed by atoms with Gasteiger partial charge in [-0.05, 0) is 49.1 Å². The summed E-state index contributed by atoms with van der Waals surface area (Å²) < 4.78 is 0. The summed E-state index contributed by atoms with van der Waals surface area (Å²) in [5.74, 6) is 0.805. The topological polar surface area (TPSA) is 26.0 Å². The van der Waals surface area contributed by atoms with Crippen LogP contribution in [0.5, 0.6) is 0 Å². The van der Waals surface area contributed by atoms with E-state index < -0.39 is 0 Å². The van der Waals surface area contributed by atoms with Gasteiger partial charge in [0, 0.05) is 5.54 Å². The van der Waals surface area contributed by atoms with E-state index in [4.69, 9.17) is 5.73 Å². The summed E-state index contributed by atoms with van der Waals surface area (Å²) in [6.07, 6.45) is 5.82. The molecule has 1 fully saturated rings. The Hall–Kier alpha value is -0.820. The molecule has 16 heavy (non-hydrogen) atoms. The minimum Gasteiger partial charge on any atom is -0.325 e. The summed E-state index contributed by atoms with van der Waals surface area (Å²) in [4.78, 5) is 0. The Balaban J connectivity index is 2.03. The second-order valence-electron chi connectivity index (χ2n) is 5.56. The molecule has 0 spiro atoms. The molecule has 1 aromatic carbocycles. The highest BCUT2D eigenvalue weighted by atomic mass is 14.8. The highest BCUT2D eigenvalue weighted by molar-refractivity contribution is 5.24. The maximum Gasteiger partial charge on any atom is 0.0197 e. The number of hydrogen-bond donors (Lipinski definition) is 1. The zero-order chi connectivity index (χ0) is 11.6. The van der Waals surface area contributed by atoms with Crippen LogP contribution in [0.4, 0.5) is 0 Å². The Kier molecular flexibility index (Phi) is 3.34. The molecule has 2 rings (SSSR count). The molecule has 2 unspecified atom stereocenters. The molecule has 0 radical (unpaired) electrons. The fraction of sp³-hybridized carbons (Fsp3) is 0.600. The minimum absolute atomic E-state index is 0.0626. The molecule has 1 nitrogen and oxygen atoms in total. The Bertz CT molecular complexity index is 341. The lowest BCUT2D eigenvalue weighted by molar-refractivity contribution is 0.419. The third-order valence-corrected chi connectivity index (χ3v) is 3.88. The van der Waals surface area contributed by atoms with Gasteiger partial charge in [0.15, 0.2) is 0 Å². The number of hydrogen-bond acceptors (Lipinski definition) is 1. The fourth-order valence-electron chi connectivity index (χ4n) is 2.89. The lowest BCUT2D eigenvalue weighted by atomic mass is 9.89. The normalized spacial score (nSPS) is 29.6. The quantitative estimate of drug-likeness (QED) is 0.826. The molecule has 88 valence electrons. The van der Waals surface area contributed by atoms with Crippen LogP contribution < -0.4 is 5.73 Å². The van der Waals surface area contributed by atoms with Gasteiger partial charge in [0.25, 0.3) is 0 Å². The largest absolute Gasteiger partial charge is 0.325 e. The van der Waals surface area contributed by atoms with Gasteiger partial charge in [0.1, 0.15) is 0 Å². The minimum atomic E-state index is 0.0626. The predicted molar refractivity (Wildman–Crippen MR) is 69.5 cm³/mol. The number of rotatable bonds is 3. The van der Waals surface area contributed by atoms with E-state index in [1.54, 1.807) is 0 Å². The van der Waals surface area contributed by atoms with Gasteiger partial charge in [-0.3, -0.25) is 0 Å². The Labute approximate surface area is 99.0 Å². The molecule has 1 aliphatic rings. The van der Waals surface area contributed by atoms with Crippen molar-refractivity contribution in [1.82, 2.24) is 0 Å². The Morgan fingerprint density at radius 3 is 2.38 bits per heavy atom. The van der Waals surface area contributed by atoms with Gasteiger partial charge in [0.05, 0.1) is 0 Å². The highest BCUT2D eigenvalue weighted by Gasteiger charge is 2.33. The summed E-state index contributed by atoms with van der Waals surface area (Å²) in [6.45, 7) is 4.51. The van der Waals surface area contributed by atoms with Crippen molar-refractivity contribution in [1.29, 1.82) is 0 Å². The van der Waals surface area contributed by atoms with Crippen LogP contribution in [0.15, 0.2) is 24.3 Å². The van der Waals surface area contributed by atoms with E-state index in [1.165, 1.54) is 30.4 Å². The van der Waals surface area contributed by atoms with E-state index >= 15 is 0 Å². The third kappa shape index (κ3) is 2.65. The van der Waals surface area contributed by atoms with E-state index in [0.29, 0.717) is 0 Å². The summed E-state index contributed by atoms with van der Waals surface area (Å²) >= 11 is 0. The van der Waals surface area contributed by atoms with Gasteiger partial charge in [0.2, 0.25) is 0 Å². The van der Waals surface area contributed by atoms with E-state index in [-0.39, 0.29) is 5.54 Å². The summed E-state index contributed by atoms with van der Waals surface area (Å²) in [7, 11) is 0. The molecule has 0 bridgehead atoms. The molecule has 1 aliphatic carbocycles. The average molecular weight is 217 g/mol. The Morgan fingerprint density at radius 1 is 1.25 bits per heavy atom. The van der Waals surface area contributed by atoms with E-state index in [0.717, 1.165) is 18.8 Å². The van der Waals surface area contributed by atoms with Crippen LogP contribution in [0, 0.1) is 5.92 Å². The van der Waals surface area contributed by atoms with Gasteiger partial charge >= 0.3 is 0 Å². The SMILES string of the molecule is CCc1ccc(CC2(N)CCC(C)C2)cc1. The van der Waals surface area contributed by atoms with Crippen molar-refractivity contribution in [2.75, 3.05) is 0 Å². The van der Waals surface area contributed by atoms with E-state index in [2.05, 4.69) is 38.1 Å². The van der Waals surface area contributed by atoms with Crippen LogP contribution >= 0.6 is 0 Å². The van der Waals surface area contributed by atoms with Crippen LogP contribution in [-0.4, -0.2) is 5.54 Å². The smallest absolute Gasteiger partial charge is 0.0197 e. The van der Waals surface area contributed by atoms with Gasteiger partial charge in [-0.25, -0.2) is 0 Å². The highest BCUT2D eigenvalue weighted by Crippen LogP contribution is 2.34. The van der Waals surface area contributed by atoms with Crippen molar-refractivity contribution in [2.45, 2.75) is 51.5 Å². The van der Waals surface area contributed by atoms with Crippen LogP contribution in [0.25, 0.3) is 0 Å². The lowest BCUT2D eigenvalue weighted by Gasteiger charge is -2.24. The van der Waals surface area contributed by atoms with Crippen molar-refractivity contribution in [3.63, 3.8) is 0 Å². The standard InChI is InChI=1S/C15H23N/c1-3-13-4-6-14(7-5-13)11-15(16)9-8-12(2)10-15/h4-7,12H,3,8-11,16H2,1-2H3. The van der Waals surface area contributed by atoms with Gasteiger partial charge < -0.3 is 5.73 Å². The maximum absolute atomic E-state index is 6.45. The third-order valence-electron chi connectivity index (χ3n) is 3.88. The zero-order valence-corrected chi connectivity index (χ0v) is 10.5. The number of aryl methyl sites for hydroxylation is 1. The van der Waals surface area contributed by atoms with Crippen molar-refractivity contribution in [2.24, 2.45) is 11.7 Å². The van der Waals surface area contributed by atoms with E-state index in [1.807, 2.05) is 0 Å².